The zero-order valence-corrected chi connectivity index (χ0v) is 11.5. The topological polar surface area (TPSA) is 97.7 Å². The minimum atomic E-state index is -1.09. The Morgan fingerprint density at radius 2 is 1.85 bits per heavy atom. The highest BCUT2D eigenvalue weighted by Crippen LogP contribution is 2.08. The third-order valence-electron chi connectivity index (χ3n) is 2.60. The molecule has 0 aliphatic carbocycles. The van der Waals surface area contributed by atoms with E-state index in [4.69, 9.17) is 19.3 Å². The summed E-state index contributed by atoms with van der Waals surface area (Å²) in [7, 11) is 1.60. The summed E-state index contributed by atoms with van der Waals surface area (Å²) in [4.78, 5) is 22.3. The minimum absolute atomic E-state index is 0.00694. The van der Waals surface area contributed by atoms with E-state index in [1.54, 1.807) is 7.11 Å². The fourth-order valence-electron chi connectivity index (χ4n) is 1.55. The first-order valence-electron chi connectivity index (χ1n) is 6.40. The van der Waals surface area contributed by atoms with E-state index in [1.165, 1.54) is 0 Å². The smallest absolute Gasteiger partial charge is 0.352 e. The zero-order valence-electron chi connectivity index (χ0n) is 11.5. The molecule has 1 rings (SSSR count). The molecule has 0 aromatic heterocycles. The number of carbonyl (C=O) groups excluding carboxylic acids is 1. The fraction of sp³-hybridized carbons (Fsp3) is 0.750. The van der Waals surface area contributed by atoms with E-state index < -0.39 is 5.97 Å². The Hall–Kier alpha value is -1.51. The van der Waals surface area contributed by atoms with Gasteiger partial charge >= 0.3 is 5.97 Å². The van der Waals surface area contributed by atoms with Crippen LogP contribution in [0.25, 0.3) is 0 Å². The van der Waals surface area contributed by atoms with Crippen molar-refractivity contribution in [2.24, 2.45) is 5.10 Å². The molecular formula is C12H20N2O6. The Balaban J connectivity index is 2.15. The van der Waals surface area contributed by atoms with Crippen LogP contribution in [0.1, 0.15) is 12.8 Å². The molecule has 8 nitrogen and oxygen atoms in total. The molecule has 1 N–H and O–H groups in total. The highest BCUT2D eigenvalue weighted by atomic mass is 16.5. The van der Waals surface area contributed by atoms with Gasteiger partial charge in [-0.2, -0.15) is 5.10 Å². The number of rotatable bonds is 10. The molecule has 8 heteroatoms. The van der Waals surface area contributed by atoms with Crippen molar-refractivity contribution in [2.75, 3.05) is 46.7 Å². The van der Waals surface area contributed by atoms with E-state index in [0.717, 1.165) is 5.01 Å². The molecule has 0 saturated heterocycles. The number of ether oxygens (including phenoxy) is 3. The molecule has 1 aliphatic heterocycles. The number of nitrogens with zero attached hydrogens (tertiary/aromatic N) is 2. The highest BCUT2D eigenvalue weighted by Gasteiger charge is 2.23. The lowest BCUT2D eigenvalue weighted by atomic mass is 10.2. The summed E-state index contributed by atoms with van der Waals surface area (Å²) in [5.74, 6) is -1.27. The Morgan fingerprint density at radius 3 is 2.50 bits per heavy atom. The first-order chi connectivity index (χ1) is 9.65. The van der Waals surface area contributed by atoms with Crippen LogP contribution in [0, 0.1) is 0 Å². The van der Waals surface area contributed by atoms with E-state index in [0.29, 0.717) is 26.4 Å². The predicted molar refractivity (Wildman–Crippen MR) is 69.5 cm³/mol. The maximum absolute atomic E-state index is 11.5. The molecule has 0 bridgehead atoms. The highest BCUT2D eigenvalue weighted by molar-refractivity contribution is 6.36. The zero-order chi connectivity index (χ0) is 14.8. The van der Waals surface area contributed by atoms with Crippen molar-refractivity contribution in [3.63, 3.8) is 0 Å². The normalized spacial score (nSPS) is 15.3. The molecule has 0 fully saturated rings. The van der Waals surface area contributed by atoms with E-state index in [2.05, 4.69) is 5.10 Å². The molecule has 0 saturated carbocycles. The molecule has 0 unspecified atom stereocenters. The predicted octanol–water partition coefficient (Wildman–Crippen LogP) is -0.271. The Morgan fingerprint density at radius 1 is 1.20 bits per heavy atom. The average molecular weight is 288 g/mol. The van der Waals surface area contributed by atoms with Gasteiger partial charge in [0.15, 0.2) is 0 Å². The summed E-state index contributed by atoms with van der Waals surface area (Å²) in [6.45, 7) is 2.43. The van der Waals surface area contributed by atoms with Gasteiger partial charge in [-0.25, -0.2) is 9.80 Å². The number of hydrogen-bond acceptors (Lipinski definition) is 6. The molecule has 114 valence electrons. The number of carbonyl (C=O) groups is 2. The van der Waals surface area contributed by atoms with Gasteiger partial charge in [0, 0.05) is 20.0 Å². The summed E-state index contributed by atoms with van der Waals surface area (Å²) in [6, 6.07) is 0. The number of methoxy groups -OCH3 is 1. The first-order valence-corrected chi connectivity index (χ1v) is 6.40. The molecule has 0 atom stereocenters. The Labute approximate surface area is 117 Å². The van der Waals surface area contributed by atoms with Gasteiger partial charge in [0.25, 0.3) is 0 Å². The SMILES string of the molecule is COCCOCCOCCN1N=C(C(=O)O)CCC1=O. The van der Waals surface area contributed by atoms with Gasteiger partial charge in [-0.05, 0) is 0 Å². The summed E-state index contributed by atoms with van der Waals surface area (Å²) < 4.78 is 15.3. The third kappa shape index (κ3) is 6.09. The van der Waals surface area contributed by atoms with Gasteiger partial charge in [-0.3, -0.25) is 4.79 Å². The average Bonchev–Trinajstić information content (AvgIpc) is 2.43. The molecule has 1 heterocycles. The summed E-state index contributed by atoms with van der Waals surface area (Å²) in [6.07, 6.45) is 0.351. The number of carboxylic acids is 1. The molecule has 1 amide bonds. The van der Waals surface area contributed by atoms with Crippen molar-refractivity contribution >= 4 is 17.6 Å². The van der Waals surface area contributed by atoms with Gasteiger partial charge in [0.1, 0.15) is 5.71 Å². The van der Waals surface area contributed by atoms with Crippen LogP contribution in [-0.4, -0.2) is 74.4 Å². The van der Waals surface area contributed by atoms with Crippen LogP contribution >= 0.6 is 0 Å². The lowest BCUT2D eigenvalue weighted by molar-refractivity contribution is -0.133. The maximum Gasteiger partial charge on any atom is 0.352 e. The second-order valence-corrected chi connectivity index (χ2v) is 4.09. The van der Waals surface area contributed by atoms with E-state index in [9.17, 15) is 9.59 Å². The number of hydrogen-bond donors (Lipinski definition) is 1. The molecule has 0 aromatic carbocycles. The summed E-state index contributed by atoms with van der Waals surface area (Å²) >= 11 is 0. The number of carboxylic acid groups (broad SMARTS) is 1. The molecule has 0 radical (unpaired) electrons. The van der Waals surface area contributed by atoms with Crippen LogP contribution < -0.4 is 0 Å². The largest absolute Gasteiger partial charge is 0.477 e. The number of amides is 1. The first kappa shape index (κ1) is 16.5. The van der Waals surface area contributed by atoms with Crippen molar-refractivity contribution in [2.45, 2.75) is 12.8 Å². The van der Waals surface area contributed by atoms with Crippen molar-refractivity contribution in [3.8, 4) is 0 Å². The lowest BCUT2D eigenvalue weighted by Crippen LogP contribution is -2.36. The second-order valence-electron chi connectivity index (χ2n) is 4.09. The van der Waals surface area contributed by atoms with Crippen LogP contribution in [0.4, 0.5) is 0 Å². The van der Waals surface area contributed by atoms with Gasteiger partial charge in [0.05, 0.1) is 39.6 Å². The summed E-state index contributed by atoms with van der Waals surface area (Å²) in [5.41, 5.74) is 0.00694. The number of hydrazone groups is 1. The van der Waals surface area contributed by atoms with Crippen molar-refractivity contribution < 1.29 is 28.9 Å². The van der Waals surface area contributed by atoms with Crippen molar-refractivity contribution in [1.29, 1.82) is 0 Å². The molecule has 20 heavy (non-hydrogen) atoms. The second kappa shape index (κ2) is 9.40. The van der Waals surface area contributed by atoms with E-state index >= 15 is 0 Å². The van der Waals surface area contributed by atoms with Crippen molar-refractivity contribution in [1.82, 2.24) is 5.01 Å². The van der Waals surface area contributed by atoms with Gasteiger partial charge in [-0.1, -0.05) is 0 Å². The quantitative estimate of drug-likeness (QED) is 0.556. The molecule has 0 spiro atoms. The Bertz CT molecular complexity index is 358. The van der Waals surface area contributed by atoms with Crippen LogP contribution in [0.5, 0.6) is 0 Å². The van der Waals surface area contributed by atoms with Gasteiger partial charge < -0.3 is 19.3 Å². The molecule has 1 aliphatic rings. The maximum atomic E-state index is 11.5. The molecular weight excluding hydrogens is 268 g/mol. The van der Waals surface area contributed by atoms with Crippen LogP contribution in [0.3, 0.4) is 0 Å². The monoisotopic (exact) mass is 288 g/mol. The minimum Gasteiger partial charge on any atom is -0.477 e. The Kier molecular flexibility index (Phi) is 7.78. The molecule has 0 aromatic rings. The summed E-state index contributed by atoms with van der Waals surface area (Å²) in [5, 5.41) is 13.8. The van der Waals surface area contributed by atoms with Crippen molar-refractivity contribution in [3.05, 3.63) is 0 Å². The van der Waals surface area contributed by atoms with Crippen LogP contribution in [-0.2, 0) is 23.8 Å². The van der Waals surface area contributed by atoms with Crippen LogP contribution in [0.15, 0.2) is 5.10 Å². The standard InChI is InChI=1S/C12H20N2O6/c1-18-6-7-20-9-8-19-5-4-14-11(15)3-2-10(13-14)12(16)17/h2-9H2,1H3,(H,16,17). The van der Waals surface area contributed by atoms with E-state index in [1.807, 2.05) is 0 Å². The van der Waals surface area contributed by atoms with Crippen LogP contribution in [0.2, 0.25) is 0 Å². The lowest BCUT2D eigenvalue weighted by Gasteiger charge is -2.21. The number of aliphatic carboxylic acids is 1. The fourth-order valence-corrected chi connectivity index (χ4v) is 1.55. The third-order valence-corrected chi connectivity index (χ3v) is 2.60. The van der Waals surface area contributed by atoms with Gasteiger partial charge in [-0.15, -0.1) is 0 Å². The van der Waals surface area contributed by atoms with E-state index in [-0.39, 0.29) is 37.6 Å². The van der Waals surface area contributed by atoms with Gasteiger partial charge in [0.2, 0.25) is 5.91 Å².